The zero-order valence-electron chi connectivity index (χ0n) is 5.23. The summed E-state index contributed by atoms with van der Waals surface area (Å²) in [5.74, 6) is 0. The lowest BCUT2D eigenvalue weighted by atomic mass is 11.0. The molecule has 0 aliphatic carbocycles. The molecule has 1 rings (SSSR count). The molecule has 1 aromatic rings. The molecule has 0 amide bonds. The van der Waals surface area contributed by atoms with Crippen LogP contribution in [0.1, 0.15) is 0 Å². The fourth-order valence-corrected chi connectivity index (χ4v) is 1.77. The van der Waals surface area contributed by atoms with Crippen LogP contribution in [0.4, 0.5) is 0 Å². The smallest absolute Gasteiger partial charge is 0.252 e. The van der Waals surface area contributed by atoms with Crippen molar-refractivity contribution in [2.45, 2.75) is 0 Å². The number of thiazole rings is 1. The molecule has 0 radical (unpaired) electrons. The number of aromatic amines is 1. The zero-order valence-corrected chi connectivity index (χ0v) is 6.87. The normalized spacial score (nSPS) is 13.9. The molecule has 4 nitrogen and oxygen atoms in total. The number of sulfonamides is 1. The minimum Gasteiger partial charge on any atom is -0.337 e. The van der Waals surface area contributed by atoms with E-state index in [-0.39, 0.29) is 0 Å². The Morgan fingerprint density at radius 3 is 2.80 bits per heavy atom. The van der Waals surface area contributed by atoms with Gasteiger partial charge in [-0.2, -0.15) is 0 Å². The van der Waals surface area contributed by atoms with E-state index in [4.69, 9.17) is 0 Å². The van der Waals surface area contributed by atoms with Gasteiger partial charge in [0, 0.05) is 11.6 Å². The highest BCUT2D eigenvalue weighted by atomic mass is 32.2. The van der Waals surface area contributed by atoms with Crippen LogP contribution in [-0.2, 0) is 10.0 Å². The molecule has 10 heavy (non-hydrogen) atoms. The van der Waals surface area contributed by atoms with Gasteiger partial charge in [-0.25, -0.2) is 8.42 Å². The Kier molecular flexibility index (Phi) is 1.91. The fraction of sp³-hybridized carbons (Fsp3) is 0.250. The summed E-state index contributed by atoms with van der Waals surface area (Å²) < 4.78 is 24.4. The Morgan fingerprint density at radius 1 is 1.70 bits per heavy atom. The summed E-state index contributed by atoms with van der Waals surface area (Å²) in [4.78, 5) is 3.07. The van der Waals surface area contributed by atoms with Gasteiger partial charge in [0.15, 0.2) is 4.80 Å². The van der Waals surface area contributed by atoms with Gasteiger partial charge < -0.3 is 4.98 Å². The molecular formula is C4H6N2O2S2. The summed E-state index contributed by atoms with van der Waals surface area (Å²) in [7, 11) is -3.24. The molecule has 6 heteroatoms. The van der Waals surface area contributed by atoms with Gasteiger partial charge >= 0.3 is 0 Å². The van der Waals surface area contributed by atoms with Gasteiger partial charge in [0.25, 0.3) is 10.0 Å². The topological polar surface area (TPSA) is 62.3 Å². The maximum atomic E-state index is 10.5. The molecule has 0 aromatic carbocycles. The predicted molar refractivity (Wildman–Crippen MR) is 39.1 cm³/mol. The van der Waals surface area contributed by atoms with Crippen molar-refractivity contribution in [2.24, 2.45) is 4.40 Å². The highest BCUT2D eigenvalue weighted by Gasteiger charge is 1.93. The van der Waals surface area contributed by atoms with Gasteiger partial charge in [0.2, 0.25) is 0 Å². The lowest BCUT2D eigenvalue weighted by molar-refractivity contribution is 0.602. The van der Waals surface area contributed by atoms with Crippen molar-refractivity contribution in [1.82, 2.24) is 4.98 Å². The first-order valence-electron chi connectivity index (χ1n) is 2.46. The van der Waals surface area contributed by atoms with E-state index in [0.29, 0.717) is 4.80 Å². The molecule has 1 aromatic heterocycles. The molecule has 0 saturated heterocycles. The Labute approximate surface area is 62.3 Å². The lowest BCUT2D eigenvalue weighted by Gasteiger charge is -1.79. The maximum Gasteiger partial charge on any atom is 0.252 e. The highest BCUT2D eigenvalue weighted by Crippen LogP contribution is 1.85. The molecule has 0 spiro atoms. The standard InChI is InChI=1S/C4H6N2O2S2/c1-10(7,8)6-4-5-2-3-9-4/h2-3H,1H3,(H,5,6). The van der Waals surface area contributed by atoms with Crippen molar-refractivity contribution in [3.05, 3.63) is 16.4 Å². The second-order valence-electron chi connectivity index (χ2n) is 1.69. The maximum absolute atomic E-state index is 10.5. The monoisotopic (exact) mass is 178 g/mol. The molecule has 0 aliphatic rings. The van der Waals surface area contributed by atoms with Crippen molar-refractivity contribution < 1.29 is 8.42 Å². The van der Waals surface area contributed by atoms with Crippen LogP contribution in [0.2, 0.25) is 0 Å². The van der Waals surface area contributed by atoms with Crippen LogP contribution < -0.4 is 4.80 Å². The van der Waals surface area contributed by atoms with Crippen LogP contribution in [0, 0.1) is 0 Å². The van der Waals surface area contributed by atoms with E-state index in [9.17, 15) is 8.42 Å². The Morgan fingerprint density at radius 2 is 2.40 bits per heavy atom. The van der Waals surface area contributed by atoms with E-state index in [1.54, 1.807) is 11.6 Å². The Bertz CT molecular complexity index is 342. The van der Waals surface area contributed by atoms with Crippen molar-refractivity contribution in [3.8, 4) is 0 Å². The summed E-state index contributed by atoms with van der Waals surface area (Å²) in [6.45, 7) is 0. The Balaban J connectivity index is 3.20. The van der Waals surface area contributed by atoms with E-state index >= 15 is 0 Å². The second-order valence-corrected chi connectivity index (χ2v) is 4.24. The van der Waals surface area contributed by atoms with E-state index in [1.165, 1.54) is 11.3 Å². The predicted octanol–water partition coefficient (Wildman–Crippen LogP) is -0.0635. The molecule has 0 atom stereocenters. The van der Waals surface area contributed by atoms with E-state index in [1.807, 2.05) is 0 Å². The molecule has 0 fully saturated rings. The SMILES string of the molecule is CS(=O)(=O)/N=c1/[nH]ccs1. The van der Waals surface area contributed by atoms with Gasteiger partial charge in [-0.1, -0.05) is 0 Å². The van der Waals surface area contributed by atoms with Crippen molar-refractivity contribution >= 4 is 21.4 Å². The fourth-order valence-electron chi connectivity index (χ4n) is 0.436. The minimum absolute atomic E-state index is 0.405. The first-order valence-corrected chi connectivity index (χ1v) is 5.19. The van der Waals surface area contributed by atoms with Crippen molar-refractivity contribution in [3.63, 3.8) is 0 Å². The zero-order chi connectivity index (χ0) is 7.61. The highest BCUT2D eigenvalue weighted by molar-refractivity contribution is 7.89. The second kappa shape index (κ2) is 2.55. The quantitative estimate of drug-likeness (QED) is 0.654. The molecule has 56 valence electrons. The van der Waals surface area contributed by atoms with Crippen LogP contribution in [0.3, 0.4) is 0 Å². The van der Waals surface area contributed by atoms with Crippen LogP contribution >= 0.6 is 11.3 Å². The van der Waals surface area contributed by atoms with Crippen LogP contribution in [-0.4, -0.2) is 19.7 Å². The summed E-state index contributed by atoms with van der Waals surface area (Å²) >= 11 is 1.25. The van der Waals surface area contributed by atoms with Gasteiger partial charge in [-0.3, -0.25) is 0 Å². The number of aromatic nitrogens is 1. The molecule has 0 aliphatic heterocycles. The minimum atomic E-state index is -3.24. The third kappa shape index (κ3) is 2.32. The summed E-state index contributed by atoms with van der Waals surface area (Å²) in [6, 6.07) is 0. The first kappa shape index (κ1) is 7.49. The molecular weight excluding hydrogens is 172 g/mol. The number of hydrogen-bond donors (Lipinski definition) is 1. The molecule has 0 saturated carbocycles. The number of H-pyrrole nitrogens is 1. The summed E-state index contributed by atoms with van der Waals surface area (Å²) in [5, 5.41) is 1.73. The summed E-state index contributed by atoms with van der Waals surface area (Å²) in [6.07, 6.45) is 2.69. The van der Waals surface area contributed by atoms with Crippen LogP contribution in [0.5, 0.6) is 0 Å². The van der Waals surface area contributed by atoms with Crippen molar-refractivity contribution in [2.75, 3.05) is 6.26 Å². The van der Waals surface area contributed by atoms with Gasteiger partial charge in [0.05, 0.1) is 6.26 Å². The lowest BCUT2D eigenvalue weighted by Crippen LogP contribution is -2.02. The number of rotatable bonds is 1. The largest absolute Gasteiger partial charge is 0.337 e. The third-order valence-corrected chi connectivity index (χ3v) is 2.04. The van der Waals surface area contributed by atoms with E-state index in [0.717, 1.165) is 6.26 Å². The first-order chi connectivity index (χ1) is 4.58. The van der Waals surface area contributed by atoms with Gasteiger partial charge in [0.1, 0.15) is 0 Å². The van der Waals surface area contributed by atoms with Crippen LogP contribution in [0.15, 0.2) is 16.0 Å². The average Bonchev–Trinajstić information content (AvgIpc) is 2.12. The number of nitrogens with one attached hydrogen (secondary N) is 1. The van der Waals surface area contributed by atoms with Gasteiger partial charge in [-0.15, -0.1) is 15.7 Å². The molecule has 0 bridgehead atoms. The van der Waals surface area contributed by atoms with Gasteiger partial charge in [-0.05, 0) is 0 Å². The number of hydrogen-bond acceptors (Lipinski definition) is 3. The number of nitrogens with zero attached hydrogens (tertiary/aromatic N) is 1. The molecule has 1 heterocycles. The van der Waals surface area contributed by atoms with Crippen molar-refractivity contribution in [1.29, 1.82) is 0 Å². The molecule has 1 N–H and O–H groups in total. The molecule has 0 unspecified atom stereocenters. The summed E-state index contributed by atoms with van der Waals surface area (Å²) in [5.41, 5.74) is 0. The Hall–Kier alpha value is -0.620. The third-order valence-electron chi connectivity index (χ3n) is 0.703. The van der Waals surface area contributed by atoms with E-state index < -0.39 is 10.0 Å². The van der Waals surface area contributed by atoms with Crippen LogP contribution in [0.25, 0.3) is 0 Å². The average molecular weight is 178 g/mol. The van der Waals surface area contributed by atoms with E-state index in [2.05, 4.69) is 9.38 Å².